The first-order valence-corrected chi connectivity index (χ1v) is 13.5. The molecule has 10 atom stereocenters. The SMILES string of the molecule is C[C@]12C(=O)CC3C(C1CC[C@@]21OCOC12COCO2)[C@H](OP)C[C@@H]1CC2(CC[C@]31C)OCCO2. The molecule has 0 radical (unpaired) electrons. The van der Waals surface area contributed by atoms with E-state index in [0.29, 0.717) is 32.2 Å². The maximum atomic E-state index is 14.3. The van der Waals surface area contributed by atoms with E-state index in [0.717, 1.165) is 38.5 Å². The van der Waals surface area contributed by atoms with Gasteiger partial charge < -0.3 is 32.9 Å². The molecular formula is C25H37O8P. The average molecular weight is 497 g/mol. The minimum absolute atomic E-state index is 0.0648. The van der Waals surface area contributed by atoms with Crippen LogP contribution in [0, 0.1) is 34.5 Å². The van der Waals surface area contributed by atoms with Gasteiger partial charge in [-0.15, -0.1) is 0 Å². The number of carbonyl (C=O) groups is 1. The summed E-state index contributed by atoms with van der Waals surface area (Å²) in [7, 11) is 2.53. The van der Waals surface area contributed by atoms with Crippen LogP contribution in [0.4, 0.5) is 0 Å². The van der Waals surface area contributed by atoms with Crippen molar-refractivity contribution in [1.29, 1.82) is 0 Å². The Hall–Kier alpha value is -0.180. The molecule has 0 aromatic rings. The average Bonchev–Trinajstić information content (AvgIpc) is 3.61. The molecule has 9 heteroatoms. The fraction of sp³-hybridized carbons (Fsp3) is 0.960. The molecule has 0 N–H and O–H groups in total. The molecule has 0 aromatic carbocycles. The summed E-state index contributed by atoms with van der Waals surface area (Å²) in [5.41, 5.74) is -1.44. The van der Waals surface area contributed by atoms with E-state index in [-0.39, 0.29) is 48.6 Å². The van der Waals surface area contributed by atoms with E-state index in [4.69, 9.17) is 32.9 Å². The van der Waals surface area contributed by atoms with Crippen LogP contribution in [0.15, 0.2) is 0 Å². The Bertz CT molecular complexity index is 865. The van der Waals surface area contributed by atoms with Crippen molar-refractivity contribution in [2.24, 2.45) is 34.5 Å². The lowest BCUT2D eigenvalue weighted by Gasteiger charge is -2.63. The number of ether oxygens (including phenoxy) is 6. The number of rotatable bonds is 1. The monoisotopic (exact) mass is 496 g/mol. The van der Waals surface area contributed by atoms with Crippen LogP contribution in [-0.2, 0) is 37.7 Å². The second kappa shape index (κ2) is 7.44. The van der Waals surface area contributed by atoms with Gasteiger partial charge in [-0.25, -0.2) is 0 Å². The highest BCUT2D eigenvalue weighted by Gasteiger charge is 2.79. The van der Waals surface area contributed by atoms with Gasteiger partial charge in [0.2, 0.25) is 5.79 Å². The smallest absolute Gasteiger partial charge is 0.227 e. The normalized spacial score (nSPS) is 55.7. The highest BCUT2D eigenvalue weighted by atomic mass is 31.0. The third-order valence-electron chi connectivity index (χ3n) is 11.5. The van der Waals surface area contributed by atoms with Crippen LogP contribution in [0.3, 0.4) is 0 Å². The molecule has 7 aliphatic rings. The summed E-state index contributed by atoms with van der Waals surface area (Å²) in [6.45, 7) is 6.51. The molecule has 3 saturated heterocycles. The van der Waals surface area contributed by atoms with Crippen LogP contribution >= 0.6 is 9.47 Å². The largest absolute Gasteiger partial charge is 0.362 e. The predicted octanol–water partition coefficient (Wildman–Crippen LogP) is 3.18. The highest BCUT2D eigenvalue weighted by Crippen LogP contribution is 2.71. The molecule has 4 saturated carbocycles. The molecular weight excluding hydrogens is 459 g/mol. The molecule has 5 unspecified atom stereocenters. The minimum atomic E-state index is -0.994. The summed E-state index contributed by atoms with van der Waals surface area (Å²) in [5, 5.41) is 0. The summed E-state index contributed by atoms with van der Waals surface area (Å²) in [4.78, 5) is 14.3. The predicted molar refractivity (Wildman–Crippen MR) is 121 cm³/mol. The number of ketones is 1. The first kappa shape index (κ1) is 23.0. The number of hydrogen-bond donors (Lipinski definition) is 0. The van der Waals surface area contributed by atoms with Crippen molar-refractivity contribution < 1.29 is 37.7 Å². The zero-order valence-corrected chi connectivity index (χ0v) is 21.4. The summed E-state index contributed by atoms with van der Waals surface area (Å²) in [6.07, 6.45) is 6.03. The summed E-state index contributed by atoms with van der Waals surface area (Å²) in [5.74, 6) is -0.0313. The first-order chi connectivity index (χ1) is 16.3. The van der Waals surface area contributed by atoms with Gasteiger partial charge in [0.05, 0.1) is 24.7 Å². The second-order valence-electron chi connectivity index (χ2n) is 12.2. The van der Waals surface area contributed by atoms with E-state index in [1.165, 1.54) is 0 Å². The standard InChI is InChI=1S/C25H37O8P/c1-21-5-6-23(28-7-8-29-23)11-15(21)9-18(33-34)20-16-3-4-24(22(16,2)19(26)10-17(20)21)25(32-14-30-24)12-27-13-31-25/h15-18,20H,3-14,34H2,1-2H3/t15-,16?,17?,18-,20?,21+,22-,24-,25?/m1/s1. The van der Waals surface area contributed by atoms with Gasteiger partial charge in [0, 0.05) is 28.7 Å². The molecule has 3 spiro atoms. The molecule has 3 heterocycles. The van der Waals surface area contributed by atoms with Crippen molar-refractivity contribution in [3.63, 3.8) is 0 Å². The summed E-state index contributed by atoms with van der Waals surface area (Å²) < 4.78 is 42.5. The van der Waals surface area contributed by atoms with E-state index in [9.17, 15) is 4.79 Å². The molecule has 0 bridgehead atoms. The van der Waals surface area contributed by atoms with Gasteiger partial charge in [-0.1, -0.05) is 6.92 Å². The third kappa shape index (κ3) is 2.60. The number of Topliss-reactive ketones (excluding diaryl/α,β-unsaturated/α-hetero) is 1. The van der Waals surface area contributed by atoms with Crippen LogP contribution in [0.2, 0.25) is 0 Å². The minimum Gasteiger partial charge on any atom is -0.362 e. The highest BCUT2D eigenvalue weighted by molar-refractivity contribution is 7.09. The molecule has 3 aliphatic heterocycles. The van der Waals surface area contributed by atoms with E-state index in [2.05, 4.69) is 23.3 Å². The topological polar surface area (TPSA) is 81.7 Å². The van der Waals surface area contributed by atoms with Gasteiger partial charge in [-0.05, 0) is 61.7 Å². The lowest BCUT2D eigenvalue weighted by Crippen LogP contribution is -2.69. The number of hydrogen-bond acceptors (Lipinski definition) is 8. The van der Waals surface area contributed by atoms with E-state index < -0.39 is 22.6 Å². The van der Waals surface area contributed by atoms with Gasteiger partial charge in [-0.2, -0.15) is 0 Å². The van der Waals surface area contributed by atoms with Crippen LogP contribution in [0.1, 0.15) is 58.8 Å². The maximum Gasteiger partial charge on any atom is 0.227 e. The first-order valence-electron chi connectivity index (χ1n) is 13.0. The van der Waals surface area contributed by atoms with E-state index >= 15 is 0 Å². The van der Waals surface area contributed by atoms with Crippen molar-refractivity contribution in [3.8, 4) is 0 Å². The second-order valence-corrected chi connectivity index (χ2v) is 12.5. The van der Waals surface area contributed by atoms with Crippen molar-refractivity contribution in [2.45, 2.75) is 82.1 Å². The molecule has 0 aromatic heterocycles. The molecule has 7 rings (SSSR count). The van der Waals surface area contributed by atoms with Crippen molar-refractivity contribution in [2.75, 3.05) is 33.4 Å². The van der Waals surface area contributed by atoms with Gasteiger partial charge in [0.25, 0.3) is 0 Å². The Kier molecular flexibility index (Phi) is 5.03. The van der Waals surface area contributed by atoms with Crippen molar-refractivity contribution in [3.05, 3.63) is 0 Å². The maximum absolute atomic E-state index is 14.3. The molecule has 7 fully saturated rings. The fourth-order valence-electron chi connectivity index (χ4n) is 9.72. The van der Waals surface area contributed by atoms with E-state index in [1.54, 1.807) is 0 Å². The molecule has 8 nitrogen and oxygen atoms in total. The van der Waals surface area contributed by atoms with Crippen molar-refractivity contribution in [1.82, 2.24) is 0 Å². The Morgan fingerprint density at radius 3 is 2.50 bits per heavy atom. The lowest BCUT2D eigenvalue weighted by molar-refractivity contribution is -0.257. The van der Waals surface area contributed by atoms with Gasteiger partial charge >= 0.3 is 0 Å². The van der Waals surface area contributed by atoms with Crippen molar-refractivity contribution >= 4 is 15.2 Å². The summed E-state index contributed by atoms with van der Waals surface area (Å²) in [6, 6.07) is 0. The number of carbonyl (C=O) groups excluding carboxylic acids is 1. The third-order valence-corrected chi connectivity index (χ3v) is 11.8. The van der Waals surface area contributed by atoms with Gasteiger partial charge in [-0.3, -0.25) is 4.79 Å². The zero-order chi connectivity index (χ0) is 23.4. The number of fused-ring (bicyclic) bond motifs is 7. The Morgan fingerprint density at radius 2 is 1.76 bits per heavy atom. The fourth-order valence-corrected chi connectivity index (χ4v) is 10.0. The Morgan fingerprint density at radius 1 is 0.971 bits per heavy atom. The van der Waals surface area contributed by atoms with Crippen LogP contribution in [0.25, 0.3) is 0 Å². The summed E-state index contributed by atoms with van der Waals surface area (Å²) >= 11 is 0. The van der Waals surface area contributed by atoms with Gasteiger partial charge in [0.1, 0.15) is 18.0 Å². The van der Waals surface area contributed by atoms with Crippen LogP contribution in [-0.4, -0.2) is 62.5 Å². The molecule has 0 amide bonds. The quantitative estimate of drug-likeness (QED) is 0.512. The Balaban J connectivity index is 1.27. The lowest BCUT2D eigenvalue weighted by atomic mass is 9.43. The zero-order valence-electron chi connectivity index (χ0n) is 20.2. The van der Waals surface area contributed by atoms with Crippen LogP contribution < -0.4 is 0 Å². The van der Waals surface area contributed by atoms with Crippen LogP contribution in [0.5, 0.6) is 0 Å². The molecule has 190 valence electrons. The molecule has 34 heavy (non-hydrogen) atoms. The van der Waals surface area contributed by atoms with E-state index in [1.807, 2.05) is 0 Å². The van der Waals surface area contributed by atoms with Gasteiger partial charge in [0.15, 0.2) is 19.4 Å². The molecule has 4 aliphatic carbocycles. The Labute approximate surface area is 203 Å².